The van der Waals surface area contributed by atoms with Gasteiger partial charge in [-0.3, -0.25) is 0 Å². The molecule has 0 amide bonds. The van der Waals surface area contributed by atoms with Crippen LogP contribution in [0, 0.1) is 6.92 Å². The van der Waals surface area contributed by atoms with Crippen LogP contribution >= 0.6 is 0 Å². The molecule has 0 fully saturated rings. The van der Waals surface area contributed by atoms with E-state index in [0.29, 0.717) is 6.04 Å². The molecule has 2 unspecified atom stereocenters. The number of benzene rings is 1. The second kappa shape index (κ2) is 6.18. The number of ether oxygens (including phenoxy) is 1. The van der Waals surface area contributed by atoms with E-state index in [0.717, 1.165) is 12.8 Å². The number of hydrogen-bond acceptors (Lipinski definition) is 2. The average Bonchev–Trinajstić information content (AvgIpc) is 2.37. The fourth-order valence-corrected chi connectivity index (χ4v) is 2.12. The molecule has 17 heavy (non-hydrogen) atoms. The molecule has 0 heterocycles. The molecular formula is C15H25NO. The van der Waals surface area contributed by atoms with Gasteiger partial charge in [-0.15, -0.1) is 0 Å². The lowest BCUT2D eigenvalue weighted by Gasteiger charge is -2.35. The van der Waals surface area contributed by atoms with Crippen LogP contribution in [0.2, 0.25) is 0 Å². The molecule has 1 rings (SSSR count). The van der Waals surface area contributed by atoms with Crippen LogP contribution in [0.1, 0.15) is 31.4 Å². The molecule has 0 spiro atoms. The maximum Gasteiger partial charge on any atom is 0.0803 e. The van der Waals surface area contributed by atoms with Gasteiger partial charge in [0.1, 0.15) is 0 Å². The van der Waals surface area contributed by atoms with Crippen LogP contribution in [0.4, 0.5) is 0 Å². The van der Waals surface area contributed by atoms with Crippen molar-refractivity contribution < 1.29 is 4.74 Å². The highest BCUT2D eigenvalue weighted by Crippen LogP contribution is 2.22. The Kier molecular flexibility index (Phi) is 5.16. The zero-order chi connectivity index (χ0) is 12.9. The predicted molar refractivity (Wildman–Crippen MR) is 73.4 cm³/mol. The Morgan fingerprint density at radius 2 is 1.88 bits per heavy atom. The number of methoxy groups -OCH3 is 1. The van der Waals surface area contributed by atoms with Crippen LogP contribution in [-0.2, 0) is 11.2 Å². The molecule has 0 saturated heterocycles. The summed E-state index contributed by atoms with van der Waals surface area (Å²) in [6, 6.07) is 9.06. The monoisotopic (exact) mass is 235 g/mol. The van der Waals surface area contributed by atoms with Gasteiger partial charge in [0.25, 0.3) is 0 Å². The highest BCUT2D eigenvalue weighted by molar-refractivity contribution is 5.22. The summed E-state index contributed by atoms with van der Waals surface area (Å²) in [5, 5.41) is 3.38. The van der Waals surface area contributed by atoms with Crippen LogP contribution in [0.25, 0.3) is 0 Å². The predicted octanol–water partition coefficient (Wildman–Crippen LogP) is 2.94. The molecule has 0 aliphatic carbocycles. The number of nitrogens with one attached hydrogen (secondary N) is 1. The van der Waals surface area contributed by atoms with Gasteiger partial charge in [-0.2, -0.15) is 0 Å². The van der Waals surface area contributed by atoms with Crippen molar-refractivity contribution in [2.75, 3.05) is 14.2 Å². The largest absolute Gasteiger partial charge is 0.377 e. The molecule has 1 N–H and O–H groups in total. The fourth-order valence-electron chi connectivity index (χ4n) is 2.12. The standard InChI is InChI=1S/C15H25NO/c1-6-15(3,17-5)14(16-4)11-13-9-7-12(2)8-10-13/h7-10,14,16H,6,11H2,1-5H3. The minimum absolute atomic E-state index is 0.111. The first-order chi connectivity index (χ1) is 8.05. The average molecular weight is 235 g/mol. The minimum atomic E-state index is -0.111. The fraction of sp³-hybridized carbons (Fsp3) is 0.600. The van der Waals surface area contributed by atoms with Crippen LogP contribution in [0.3, 0.4) is 0 Å². The third-order valence-corrected chi connectivity index (χ3v) is 3.81. The Hall–Kier alpha value is -0.860. The Morgan fingerprint density at radius 1 is 1.29 bits per heavy atom. The van der Waals surface area contributed by atoms with Gasteiger partial charge in [-0.25, -0.2) is 0 Å². The van der Waals surface area contributed by atoms with Gasteiger partial charge in [-0.05, 0) is 39.3 Å². The highest BCUT2D eigenvalue weighted by atomic mass is 16.5. The van der Waals surface area contributed by atoms with Gasteiger partial charge in [0.15, 0.2) is 0 Å². The third-order valence-electron chi connectivity index (χ3n) is 3.81. The van der Waals surface area contributed by atoms with Crippen molar-refractivity contribution in [3.8, 4) is 0 Å². The Morgan fingerprint density at radius 3 is 2.29 bits per heavy atom. The Balaban J connectivity index is 2.79. The summed E-state index contributed by atoms with van der Waals surface area (Å²) in [7, 11) is 3.80. The first kappa shape index (κ1) is 14.2. The Bertz CT molecular complexity index is 327. The van der Waals surface area contributed by atoms with Crippen molar-refractivity contribution in [3.63, 3.8) is 0 Å². The van der Waals surface area contributed by atoms with Gasteiger partial charge in [0.05, 0.1) is 5.60 Å². The summed E-state index contributed by atoms with van der Waals surface area (Å²) in [6.07, 6.45) is 2.00. The third kappa shape index (κ3) is 3.55. The van der Waals surface area contributed by atoms with E-state index < -0.39 is 0 Å². The van der Waals surface area contributed by atoms with Crippen molar-refractivity contribution in [2.24, 2.45) is 0 Å². The summed E-state index contributed by atoms with van der Waals surface area (Å²) in [6.45, 7) is 6.45. The molecule has 0 aliphatic rings. The van der Waals surface area contributed by atoms with Crippen LogP contribution < -0.4 is 5.32 Å². The first-order valence-electron chi connectivity index (χ1n) is 6.33. The lowest BCUT2D eigenvalue weighted by Crippen LogP contribution is -2.49. The van der Waals surface area contributed by atoms with Crippen molar-refractivity contribution in [3.05, 3.63) is 35.4 Å². The van der Waals surface area contributed by atoms with Crippen molar-refractivity contribution in [1.82, 2.24) is 5.32 Å². The van der Waals surface area contributed by atoms with E-state index in [2.05, 4.69) is 50.4 Å². The maximum atomic E-state index is 5.67. The highest BCUT2D eigenvalue weighted by Gasteiger charge is 2.31. The number of hydrogen-bond donors (Lipinski definition) is 1. The SMILES string of the molecule is CCC(C)(OC)C(Cc1ccc(C)cc1)NC. The molecular weight excluding hydrogens is 210 g/mol. The van der Waals surface area contributed by atoms with Gasteiger partial charge in [0, 0.05) is 13.2 Å². The number of aryl methyl sites for hydroxylation is 1. The van der Waals surface area contributed by atoms with E-state index in [-0.39, 0.29) is 5.60 Å². The molecule has 96 valence electrons. The molecule has 0 aliphatic heterocycles. The topological polar surface area (TPSA) is 21.3 Å². The normalized spacial score (nSPS) is 16.5. The van der Waals surface area contributed by atoms with Crippen LogP contribution in [0.5, 0.6) is 0 Å². The van der Waals surface area contributed by atoms with E-state index in [4.69, 9.17) is 4.74 Å². The lowest BCUT2D eigenvalue weighted by molar-refractivity contribution is -0.0268. The molecule has 2 heteroatoms. The molecule has 2 nitrogen and oxygen atoms in total. The van der Waals surface area contributed by atoms with Crippen LogP contribution in [0.15, 0.2) is 24.3 Å². The molecule has 0 bridgehead atoms. The van der Waals surface area contributed by atoms with Gasteiger partial charge in [-0.1, -0.05) is 36.8 Å². The Labute approximate surface area is 105 Å². The van der Waals surface area contributed by atoms with E-state index in [9.17, 15) is 0 Å². The molecule has 0 aromatic heterocycles. The zero-order valence-electron chi connectivity index (χ0n) is 11.7. The minimum Gasteiger partial charge on any atom is -0.377 e. The lowest BCUT2D eigenvalue weighted by atomic mass is 9.88. The van der Waals surface area contributed by atoms with Crippen molar-refractivity contribution >= 4 is 0 Å². The summed E-state index contributed by atoms with van der Waals surface area (Å²) >= 11 is 0. The molecule has 2 atom stereocenters. The number of likely N-dealkylation sites (N-methyl/N-ethyl adjacent to an activating group) is 1. The molecule has 0 radical (unpaired) electrons. The van der Waals surface area contributed by atoms with Gasteiger partial charge >= 0.3 is 0 Å². The number of rotatable bonds is 6. The molecule has 0 saturated carbocycles. The maximum absolute atomic E-state index is 5.67. The van der Waals surface area contributed by atoms with Crippen LogP contribution in [-0.4, -0.2) is 25.8 Å². The van der Waals surface area contributed by atoms with E-state index >= 15 is 0 Å². The summed E-state index contributed by atoms with van der Waals surface area (Å²) in [5.74, 6) is 0. The van der Waals surface area contributed by atoms with Gasteiger partial charge < -0.3 is 10.1 Å². The second-order valence-corrected chi connectivity index (χ2v) is 4.90. The second-order valence-electron chi connectivity index (χ2n) is 4.90. The zero-order valence-corrected chi connectivity index (χ0v) is 11.7. The van der Waals surface area contributed by atoms with E-state index in [1.807, 2.05) is 7.05 Å². The van der Waals surface area contributed by atoms with E-state index in [1.165, 1.54) is 11.1 Å². The van der Waals surface area contributed by atoms with Gasteiger partial charge in [0.2, 0.25) is 0 Å². The smallest absolute Gasteiger partial charge is 0.0803 e. The summed E-state index contributed by atoms with van der Waals surface area (Å²) in [5.41, 5.74) is 2.55. The summed E-state index contributed by atoms with van der Waals surface area (Å²) in [4.78, 5) is 0. The molecule has 1 aromatic carbocycles. The quantitative estimate of drug-likeness (QED) is 0.818. The van der Waals surface area contributed by atoms with E-state index in [1.54, 1.807) is 7.11 Å². The first-order valence-corrected chi connectivity index (χ1v) is 6.33. The molecule has 1 aromatic rings. The van der Waals surface area contributed by atoms with Crippen molar-refractivity contribution in [1.29, 1.82) is 0 Å². The summed E-state index contributed by atoms with van der Waals surface area (Å²) < 4.78 is 5.67. The van der Waals surface area contributed by atoms with Crippen molar-refractivity contribution in [2.45, 2.75) is 45.3 Å².